The van der Waals surface area contributed by atoms with Crippen LogP contribution >= 0.6 is 0 Å². The Morgan fingerprint density at radius 3 is 2.65 bits per heavy atom. The first-order chi connectivity index (χ1) is 8.24. The third-order valence-corrected chi connectivity index (χ3v) is 5.20. The first-order valence-corrected chi connectivity index (χ1v) is 7.74. The molecule has 2 heteroatoms. The molecular weight excluding hydrogens is 208 g/mol. The molecule has 1 aliphatic heterocycles. The van der Waals surface area contributed by atoms with Gasteiger partial charge in [-0.3, -0.25) is 4.90 Å². The van der Waals surface area contributed by atoms with Gasteiger partial charge in [-0.15, -0.1) is 0 Å². The van der Waals surface area contributed by atoms with Crippen LogP contribution in [0.15, 0.2) is 0 Å². The molecule has 2 nitrogen and oxygen atoms in total. The lowest BCUT2D eigenvalue weighted by molar-refractivity contribution is 0.0708. The second-order valence-electron chi connectivity index (χ2n) is 6.21. The van der Waals surface area contributed by atoms with E-state index in [4.69, 9.17) is 5.73 Å². The van der Waals surface area contributed by atoms with Gasteiger partial charge in [0, 0.05) is 18.6 Å². The van der Waals surface area contributed by atoms with Crippen molar-refractivity contribution in [2.45, 2.75) is 70.9 Å². The number of nitrogens with two attached hydrogens (primary N) is 1. The number of nitrogens with zero attached hydrogens (tertiary/aromatic N) is 1. The summed E-state index contributed by atoms with van der Waals surface area (Å²) in [6, 6.07) is 1.33. The van der Waals surface area contributed by atoms with Gasteiger partial charge in [0.2, 0.25) is 0 Å². The van der Waals surface area contributed by atoms with Gasteiger partial charge in [-0.1, -0.05) is 39.5 Å². The van der Waals surface area contributed by atoms with Gasteiger partial charge in [0.1, 0.15) is 0 Å². The second kappa shape index (κ2) is 6.19. The van der Waals surface area contributed by atoms with Crippen molar-refractivity contribution in [1.29, 1.82) is 0 Å². The average Bonchev–Trinajstić information content (AvgIpc) is 2.39. The fourth-order valence-electron chi connectivity index (χ4n) is 3.81. The number of likely N-dealkylation sites (tertiary alicyclic amines) is 1. The molecule has 1 heterocycles. The van der Waals surface area contributed by atoms with Crippen molar-refractivity contribution in [3.05, 3.63) is 0 Å². The highest BCUT2D eigenvalue weighted by molar-refractivity contribution is 4.88. The molecule has 2 fully saturated rings. The molecule has 0 amide bonds. The second-order valence-corrected chi connectivity index (χ2v) is 6.21. The van der Waals surface area contributed by atoms with E-state index >= 15 is 0 Å². The predicted octanol–water partition coefficient (Wildman–Crippen LogP) is 3.01. The standard InChI is InChI=1S/C15H30N2/c1-3-12-6-5-7-14(10-12)17-9-8-15(16)13(4-2)11-17/h12-15H,3-11,16H2,1-2H3. The van der Waals surface area contributed by atoms with Crippen LogP contribution in [0.1, 0.15) is 58.8 Å². The minimum atomic E-state index is 0.460. The van der Waals surface area contributed by atoms with E-state index in [1.54, 1.807) is 0 Å². The van der Waals surface area contributed by atoms with Crippen LogP contribution in [0.4, 0.5) is 0 Å². The van der Waals surface area contributed by atoms with Crippen molar-refractivity contribution in [3.8, 4) is 0 Å². The maximum Gasteiger partial charge on any atom is 0.00980 e. The quantitative estimate of drug-likeness (QED) is 0.819. The van der Waals surface area contributed by atoms with E-state index in [2.05, 4.69) is 18.7 Å². The molecule has 1 aliphatic carbocycles. The molecule has 2 rings (SSSR count). The third kappa shape index (κ3) is 3.23. The summed E-state index contributed by atoms with van der Waals surface area (Å²) in [5, 5.41) is 0. The minimum Gasteiger partial charge on any atom is -0.327 e. The van der Waals surface area contributed by atoms with Crippen LogP contribution in [-0.2, 0) is 0 Å². The summed E-state index contributed by atoms with van der Waals surface area (Å²) >= 11 is 0. The smallest absolute Gasteiger partial charge is 0.00980 e. The van der Waals surface area contributed by atoms with Gasteiger partial charge in [0.25, 0.3) is 0 Å². The van der Waals surface area contributed by atoms with E-state index < -0.39 is 0 Å². The highest BCUT2D eigenvalue weighted by atomic mass is 15.2. The summed E-state index contributed by atoms with van der Waals surface area (Å²) in [5.41, 5.74) is 6.21. The first-order valence-electron chi connectivity index (χ1n) is 7.74. The number of rotatable bonds is 3. The number of hydrogen-bond acceptors (Lipinski definition) is 2. The van der Waals surface area contributed by atoms with E-state index in [0.717, 1.165) is 17.9 Å². The van der Waals surface area contributed by atoms with Crippen LogP contribution in [0.3, 0.4) is 0 Å². The number of hydrogen-bond donors (Lipinski definition) is 1. The van der Waals surface area contributed by atoms with E-state index in [9.17, 15) is 0 Å². The van der Waals surface area contributed by atoms with Crippen LogP contribution < -0.4 is 5.73 Å². The molecule has 2 N–H and O–H groups in total. The Hall–Kier alpha value is -0.0800. The Bertz CT molecular complexity index is 229. The molecule has 0 aromatic heterocycles. The molecule has 0 bridgehead atoms. The normalized spacial score (nSPS) is 40.4. The summed E-state index contributed by atoms with van der Waals surface area (Å²) in [6.45, 7) is 7.16. The van der Waals surface area contributed by atoms with Crippen molar-refractivity contribution >= 4 is 0 Å². The molecule has 4 atom stereocenters. The zero-order chi connectivity index (χ0) is 12.3. The van der Waals surface area contributed by atoms with Crippen LogP contribution in [0, 0.1) is 11.8 Å². The Morgan fingerprint density at radius 1 is 1.12 bits per heavy atom. The lowest BCUT2D eigenvalue weighted by Gasteiger charge is -2.43. The van der Waals surface area contributed by atoms with Crippen molar-refractivity contribution < 1.29 is 0 Å². The van der Waals surface area contributed by atoms with Gasteiger partial charge in [0.15, 0.2) is 0 Å². The Morgan fingerprint density at radius 2 is 1.94 bits per heavy atom. The van der Waals surface area contributed by atoms with Crippen LogP contribution in [-0.4, -0.2) is 30.1 Å². The lowest BCUT2D eigenvalue weighted by Crippen LogP contribution is -2.51. The van der Waals surface area contributed by atoms with Gasteiger partial charge in [-0.2, -0.15) is 0 Å². The third-order valence-electron chi connectivity index (χ3n) is 5.20. The van der Waals surface area contributed by atoms with Crippen molar-refractivity contribution in [2.75, 3.05) is 13.1 Å². The zero-order valence-electron chi connectivity index (χ0n) is 11.7. The summed E-state index contributed by atoms with van der Waals surface area (Å²) in [7, 11) is 0. The highest BCUT2D eigenvalue weighted by Gasteiger charge is 2.31. The minimum absolute atomic E-state index is 0.460. The fraction of sp³-hybridized carbons (Fsp3) is 1.00. The molecule has 0 radical (unpaired) electrons. The predicted molar refractivity (Wildman–Crippen MR) is 74.0 cm³/mol. The summed E-state index contributed by atoms with van der Waals surface area (Å²) in [4.78, 5) is 2.76. The van der Waals surface area contributed by atoms with Gasteiger partial charge in [-0.05, 0) is 37.6 Å². The van der Waals surface area contributed by atoms with E-state index in [1.807, 2.05) is 0 Å². The van der Waals surface area contributed by atoms with Gasteiger partial charge in [0.05, 0.1) is 0 Å². The van der Waals surface area contributed by atoms with E-state index in [1.165, 1.54) is 58.0 Å². The Labute approximate surface area is 107 Å². The zero-order valence-corrected chi connectivity index (χ0v) is 11.7. The monoisotopic (exact) mass is 238 g/mol. The molecule has 2 aliphatic rings. The molecule has 0 aromatic carbocycles. The van der Waals surface area contributed by atoms with Crippen molar-refractivity contribution in [2.24, 2.45) is 17.6 Å². The maximum absolute atomic E-state index is 6.21. The maximum atomic E-state index is 6.21. The molecule has 1 saturated carbocycles. The largest absolute Gasteiger partial charge is 0.327 e. The molecular formula is C15H30N2. The Kier molecular flexibility index (Phi) is 4.87. The average molecular weight is 238 g/mol. The first kappa shape index (κ1) is 13.4. The number of piperidine rings is 1. The molecule has 0 spiro atoms. The van der Waals surface area contributed by atoms with Crippen molar-refractivity contribution in [3.63, 3.8) is 0 Å². The highest BCUT2D eigenvalue weighted by Crippen LogP contribution is 2.32. The SMILES string of the molecule is CCC1CCCC(N2CCC(N)C(CC)C2)C1. The lowest BCUT2D eigenvalue weighted by atomic mass is 9.81. The summed E-state index contributed by atoms with van der Waals surface area (Å²) < 4.78 is 0. The van der Waals surface area contributed by atoms with Crippen LogP contribution in [0.25, 0.3) is 0 Å². The molecule has 4 unspecified atom stereocenters. The summed E-state index contributed by atoms with van der Waals surface area (Å²) in [5.74, 6) is 1.73. The van der Waals surface area contributed by atoms with Crippen molar-refractivity contribution in [1.82, 2.24) is 4.90 Å². The molecule has 17 heavy (non-hydrogen) atoms. The van der Waals surface area contributed by atoms with Crippen LogP contribution in [0.2, 0.25) is 0 Å². The molecule has 0 aromatic rings. The van der Waals surface area contributed by atoms with Gasteiger partial charge >= 0.3 is 0 Å². The topological polar surface area (TPSA) is 29.3 Å². The van der Waals surface area contributed by atoms with Gasteiger partial charge in [-0.25, -0.2) is 0 Å². The van der Waals surface area contributed by atoms with Gasteiger partial charge < -0.3 is 5.73 Å². The molecule has 1 saturated heterocycles. The van der Waals surface area contributed by atoms with Crippen LogP contribution in [0.5, 0.6) is 0 Å². The molecule has 100 valence electrons. The van der Waals surface area contributed by atoms with E-state index in [0.29, 0.717) is 6.04 Å². The Balaban J connectivity index is 1.89. The van der Waals surface area contributed by atoms with E-state index in [-0.39, 0.29) is 0 Å². The summed E-state index contributed by atoms with van der Waals surface area (Å²) in [6.07, 6.45) is 9.64. The fourth-order valence-corrected chi connectivity index (χ4v) is 3.81.